The van der Waals surface area contributed by atoms with Gasteiger partial charge < -0.3 is 13.7 Å². The monoisotopic (exact) mass is 874 g/mol. The van der Waals surface area contributed by atoms with Crippen molar-refractivity contribution in [1.29, 1.82) is 0 Å². The summed E-state index contributed by atoms with van der Waals surface area (Å²) in [6, 6.07) is 23.5. The molecular formula is C28H26Cl2Na3O9PRuS3. The van der Waals surface area contributed by atoms with Crippen LogP contribution in [0.4, 0.5) is 0 Å². The molecule has 4 rings (SSSR count). The first-order valence-corrected chi connectivity index (χ1v) is 22.3. The molecule has 0 heterocycles. The Morgan fingerprint density at radius 2 is 0.851 bits per heavy atom. The molecule has 0 aliphatic heterocycles. The largest absolute Gasteiger partial charge is 1.00 e. The molecule has 0 aromatic heterocycles. The van der Waals surface area contributed by atoms with Crippen LogP contribution in [0.2, 0.25) is 0 Å². The van der Waals surface area contributed by atoms with Gasteiger partial charge in [-0.05, 0) is 78.6 Å². The van der Waals surface area contributed by atoms with Crippen molar-refractivity contribution in [3.05, 3.63) is 108 Å². The predicted octanol–water partition coefficient (Wildman–Crippen LogP) is -4.34. The van der Waals surface area contributed by atoms with Gasteiger partial charge >= 0.3 is 123 Å². The fourth-order valence-corrected chi connectivity index (χ4v) is 7.95. The van der Waals surface area contributed by atoms with Gasteiger partial charge in [0.2, 0.25) is 0 Å². The van der Waals surface area contributed by atoms with E-state index in [4.69, 9.17) is 19.4 Å². The summed E-state index contributed by atoms with van der Waals surface area (Å²) in [5.41, 5.74) is 2.76. The van der Waals surface area contributed by atoms with Crippen molar-refractivity contribution in [2.45, 2.75) is 41.4 Å². The zero-order valence-corrected chi connectivity index (χ0v) is 38.9. The van der Waals surface area contributed by atoms with Crippen molar-refractivity contribution >= 4 is 73.6 Å². The van der Waals surface area contributed by atoms with Crippen LogP contribution in [-0.2, 0) is 45.5 Å². The number of aryl methyl sites for hydroxylation is 1. The summed E-state index contributed by atoms with van der Waals surface area (Å²) >= 11 is -0.346. The van der Waals surface area contributed by atoms with Gasteiger partial charge in [-0.1, -0.05) is 80.1 Å². The molecule has 0 spiro atoms. The van der Waals surface area contributed by atoms with Gasteiger partial charge in [-0.2, -0.15) is 0 Å². The first-order chi connectivity index (χ1) is 20.4. The van der Waals surface area contributed by atoms with E-state index in [1.807, 2.05) is 0 Å². The van der Waals surface area contributed by atoms with Crippen LogP contribution in [0.1, 0.15) is 30.9 Å². The summed E-state index contributed by atoms with van der Waals surface area (Å²) in [5, 5.41) is 0.772. The van der Waals surface area contributed by atoms with E-state index < -0.39 is 53.0 Å². The van der Waals surface area contributed by atoms with Crippen molar-refractivity contribution in [1.82, 2.24) is 0 Å². The maximum Gasteiger partial charge on any atom is 1.00 e. The third kappa shape index (κ3) is 17.1. The Labute approximate surface area is 360 Å². The Bertz CT molecular complexity index is 1720. The van der Waals surface area contributed by atoms with E-state index in [0.717, 1.165) is 36.4 Å². The number of benzene rings is 4. The Morgan fingerprint density at radius 1 is 0.574 bits per heavy atom. The standard InChI is InChI=1S/C18H15O9PS3.C10H14.2ClH.3Na.Ru/c19-29(20,21)16-7-1-4-13(10-16)28(14-5-2-8-17(11-14)30(22,23)24)15-6-3-9-18(12-15)31(25,26)27;1-8(2)10-6-4-9(3)5-7-10;;;;;;/h1-12H,(H,19,20,21)(H,22,23,24)(H,25,26,27);4-8H,1-3H3;2*1H;;;;/q;;;;3*+1;+2/p-5. The average Bonchev–Trinajstić information content (AvgIpc) is 2.93. The van der Waals surface area contributed by atoms with Crippen molar-refractivity contribution < 1.29 is 143 Å². The van der Waals surface area contributed by atoms with Crippen molar-refractivity contribution in [2.75, 3.05) is 0 Å². The number of halogens is 2. The molecule has 0 radical (unpaired) electrons. The van der Waals surface area contributed by atoms with Gasteiger partial charge in [0.1, 0.15) is 30.4 Å². The van der Waals surface area contributed by atoms with E-state index in [9.17, 15) is 38.9 Å². The molecule has 240 valence electrons. The van der Waals surface area contributed by atoms with Crippen LogP contribution in [0.25, 0.3) is 0 Å². The summed E-state index contributed by atoms with van der Waals surface area (Å²) in [6.07, 6.45) is 0. The van der Waals surface area contributed by atoms with Crippen molar-refractivity contribution in [3.8, 4) is 0 Å². The number of hydrogen-bond acceptors (Lipinski definition) is 9. The molecule has 0 fully saturated rings. The summed E-state index contributed by atoms with van der Waals surface area (Å²) in [6.45, 7) is 6.54. The fraction of sp³-hybridized carbons (Fsp3) is 0.143. The maximum absolute atomic E-state index is 11.5. The SMILES string of the molecule is Cc1ccc(C(C)C)cc1.O=S(=O)([O-])c1cccc(P(c2cccc(S(=O)(=O)[O-])c2)c2cccc(S(=O)(=O)[O-])c2)c1.[Cl][Ru][Cl].[Na+].[Na+].[Na+]. The van der Waals surface area contributed by atoms with Crippen LogP contribution in [0.3, 0.4) is 0 Å². The molecule has 0 N–H and O–H groups in total. The van der Waals surface area contributed by atoms with Crippen LogP contribution in [0.5, 0.6) is 0 Å². The molecule has 0 aliphatic carbocycles. The molecule has 0 saturated heterocycles. The molecule has 0 aliphatic rings. The zero-order valence-electron chi connectivity index (χ0n) is 26.3. The van der Waals surface area contributed by atoms with Crippen LogP contribution < -0.4 is 105 Å². The second kappa shape index (κ2) is 23.0. The van der Waals surface area contributed by atoms with Gasteiger partial charge in [0.25, 0.3) is 0 Å². The zero-order chi connectivity index (χ0) is 33.3. The predicted molar refractivity (Wildman–Crippen MR) is 166 cm³/mol. The third-order valence-corrected chi connectivity index (χ3v) is 10.7. The number of hydrogen-bond donors (Lipinski definition) is 0. The van der Waals surface area contributed by atoms with Crippen LogP contribution >= 0.6 is 27.3 Å². The van der Waals surface area contributed by atoms with Gasteiger partial charge in [0.05, 0.1) is 14.7 Å². The Kier molecular flexibility index (Phi) is 24.7. The minimum absolute atomic E-state index is 0. The molecule has 4 aromatic rings. The van der Waals surface area contributed by atoms with E-state index in [-0.39, 0.29) is 120 Å². The first kappa shape index (κ1) is 50.4. The molecule has 9 nitrogen and oxygen atoms in total. The second-order valence-corrected chi connectivity index (χ2v) is 18.3. The number of rotatable bonds is 7. The minimum atomic E-state index is -4.82. The van der Waals surface area contributed by atoms with Gasteiger partial charge in [0, 0.05) is 0 Å². The Hall–Kier alpha value is 1.24. The molecule has 0 amide bonds. The minimum Gasteiger partial charge on any atom is 1.00 e. The summed E-state index contributed by atoms with van der Waals surface area (Å²) < 4.78 is 103. The topological polar surface area (TPSA) is 172 Å². The second-order valence-electron chi connectivity index (χ2n) is 9.31. The van der Waals surface area contributed by atoms with Gasteiger partial charge in [-0.15, -0.1) is 0 Å². The molecule has 0 atom stereocenters. The molecule has 0 bridgehead atoms. The third-order valence-electron chi connectivity index (χ3n) is 5.84. The molecular weight excluding hydrogens is 848 g/mol. The van der Waals surface area contributed by atoms with Crippen LogP contribution in [0, 0.1) is 6.92 Å². The molecule has 47 heavy (non-hydrogen) atoms. The quantitative estimate of drug-likeness (QED) is 0.101. The Balaban J connectivity index is 0. The van der Waals surface area contributed by atoms with Gasteiger partial charge in [0.15, 0.2) is 0 Å². The molecule has 0 unspecified atom stereocenters. The average molecular weight is 875 g/mol. The smallest absolute Gasteiger partial charge is 1.00 e. The van der Waals surface area contributed by atoms with E-state index in [1.54, 1.807) is 0 Å². The maximum atomic E-state index is 11.5. The summed E-state index contributed by atoms with van der Waals surface area (Å²) in [5.74, 6) is 0.653. The molecule has 19 heteroatoms. The van der Waals surface area contributed by atoms with Crippen LogP contribution in [0.15, 0.2) is 112 Å². The van der Waals surface area contributed by atoms with Crippen LogP contribution in [-0.4, -0.2) is 38.9 Å². The normalized spacial score (nSPS) is 11.1. The van der Waals surface area contributed by atoms with Crippen molar-refractivity contribution in [2.24, 2.45) is 0 Å². The fourth-order valence-electron chi connectivity index (χ4n) is 3.73. The molecule has 4 aromatic carbocycles. The Morgan fingerprint density at radius 3 is 1.09 bits per heavy atom. The van der Waals surface area contributed by atoms with E-state index in [0.29, 0.717) is 5.92 Å². The van der Waals surface area contributed by atoms with Gasteiger partial charge in [-0.25, -0.2) is 25.3 Å². The summed E-state index contributed by atoms with van der Waals surface area (Å²) in [7, 11) is -6.59. The van der Waals surface area contributed by atoms with Gasteiger partial charge in [-0.3, -0.25) is 0 Å². The van der Waals surface area contributed by atoms with E-state index >= 15 is 0 Å². The summed E-state index contributed by atoms with van der Waals surface area (Å²) in [4.78, 5) is -1.63. The molecule has 0 saturated carbocycles. The van der Waals surface area contributed by atoms with E-state index in [2.05, 4.69) is 45.0 Å². The first-order valence-electron chi connectivity index (χ1n) is 12.3. The van der Waals surface area contributed by atoms with Crippen molar-refractivity contribution in [3.63, 3.8) is 0 Å². The van der Waals surface area contributed by atoms with E-state index in [1.165, 1.54) is 47.5 Å².